The highest BCUT2D eigenvalue weighted by Crippen LogP contribution is 2.31. The van der Waals surface area contributed by atoms with Gasteiger partial charge in [-0.1, -0.05) is 30.3 Å². The lowest BCUT2D eigenvalue weighted by molar-refractivity contribution is 0.0111. The maximum absolute atomic E-state index is 2.44. The van der Waals surface area contributed by atoms with E-state index in [4.69, 9.17) is 0 Å². The van der Waals surface area contributed by atoms with Gasteiger partial charge in [0, 0.05) is 26.7 Å². The van der Waals surface area contributed by atoms with Crippen LogP contribution >= 0.6 is 0 Å². The first-order chi connectivity index (χ1) is 6.79. The van der Waals surface area contributed by atoms with Crippen molar-refractivity contribution in [2.45, 2.75) is 18.9 Å². The molecule has 1 saturated heterocycles. The minimum atomic E-state index is 0.589. The fraction of sp³-hybridized carbons (Fsp3) is 0.500. The van der Waals surface area contributed by atoms with Crippen molar-refractivity contribution in [2.24, 2.45) is 0 Å². The molecule has 1 fully saturated rings. The zero-order valence-corrected chi connectivity index (χ0v) is 8.98. The molecule has 0 radical (unpaired) electrons. The van der Waals surface area contributed by atoms with E-state index >= 15 is 0 Å². The fourth-order valence-electron chi connectivity index (χ4n) is 2.24. The molecule has 0 amide bonds. The van der Waals surface area contributed by atoms with Gasteiger partial charge in [-0.25, -0.2) is 10.0 Å². The van der Waals surface area contributed by atoms with Crippen LogP contribution in [-0.4, -0.2) is 30.7 Å². The van der Waals surface area contributed by atoms with Gasteiger partial charge in [0.1, 0.15) is 0 Å². The van der Waals surface area contributed by atoms with Crippen LogP contribution in [0.1, 0.15) is 24.4 Å². The lowest BCUT2D eigenvalue weighted by atomic mass is 10.1. The molecule has 1 aromatic rings. The lowest BCUT2D eigenvalue weighted by Crippen LogP contribution is -2.36. The second kappa shape index (κ2) is 4.11. The zero-order chi connectivity index (χ0) is 9.97. The third kappa shape index (κ3) is 1.81. The van der Waals surface area contributed by atoms with Crippen molar-refractivity contribution in [3.63, 3.8) is 0 Å². The van der Waals surface area contributed by atoms with Gasteiger partial charge in [0.05, 0.1) is 0 Å². The molecular weight excluding hydrogens is 172 g/mol. The van der Waals surface area contributed by atoms with Gasteiger partial charge < -0.3 is 0 Å². The van der Waals surface area contributed by atoms with Gasteiger partial charge in [-0.2, -0.15) is 0 Å². The van der Waals surface area contributed by atoms with E-state index in [0.717, 1.165) is 0 Å². The predicted octanol–water partition coefficient (Wildman–Crippen LogP) is 2.30. The standard InChI is InChI=1S/C12H18N2/c1-13(2)14-10-6-9-12(14)11-7-4-3-5-8-11/h3-5,7-8,12H,6,9-10H2,1-2H3. The molecule has 2 rings (SSSR count). The lowest BCUT2D eigenvalue weighted by Gasteiger charge is -2.30. The molecule has 1 aliphatic rings. The van der Waals surface area contributed by atoms with Crippen LogP contribution in [0.5, 0.6) is 0 Å². The molecule has 76 valence electrons. The van der Waals surface area contributed by atoms with Crippen LogP contribution in [0.25, 0.3) is 0 Å². The molecule has 14 heavy (non-hydrogen) atoms. The quantitative estimate of drug-likeness (QED) is 0.706. The van der Waals surface area contributed by atoms with Crippen molar-refractivity contribution in [3.05, 3.63) is 35.9 Å². The molecule has 1 aromatic carbocycles. The number of hydrogen-bond acceptors (Lipinski definition) is 2. The minimum Gasteiger partial charge on any atom is -0.247 e. The Kier molecular flexibility index (Phi) is 2.85. The molecule has 2 heteroatoms. The van der Waals surface area contributed by atoms with Gasteiger partial charge in [-0.3, -0.25) is 0 Å². The molecular formula is C12H18N2. The Balaban J connectivity index is 2.18. The van der Waals surface area contributed by atoms with Crippen molar-refractivity contribution in [3.8, 4) is 0 Å². The van der Waals surface area contributed by atoms with Crippen LogP contribution in [-0.2, 0) is 0 Å². The Morgan fingerprint density at radius 3 is 2.57 bits per heavy atom. The van der Waals surface area contributed by atoms with Crippen LogP contribution in [0.15, 0.2) is 30.3 Å². The fourth-order valence-corrected chi connectivity index (χ4v) is 2.24. The molecule has 2 nitrogen and oxygen atoms in total. The topological polar surface area (TPSA) is 6.48 Å². The first-order valence-electron chi connectivity index (χ1n) is 5.28. The number of nitrogens with zero attached hydrogens (tertiary/aromatic N) is 2. The average molecular weight is 190 g/mol. The molecule has 0 bridgehead atoms. The summed E-state index contributed by atoms with van der Waals surface area (Å²) in [5, 5.41) is 4.65. The van der Waals surface area contributed by atoms with Crippen molar-refractivity contribution in [1.82, 2.24) is 10.0 Å². The van der Waals surface area contributed by atoms with E-state index in [-0.39, 0.29) is 0 Å². The van der Waals surface area contributed by atoms with Gasteiger partial charge in [0.25, 0.3) is 0 Å². The van der Waals surface area contributed by atoms with Gasteiger partial charge in [0.2, 0.25) is 0 Å². The van der Waals surface area contributed by atoms with E-state index in [9.17, 15) is 0 Å². The molecule has 1 heterocycles. The van der Waals surface area contributed by atoms with Crippen LogP contribution < -0.4 is 0 Å². The first kappa shape index (κ1) is 9.69. The second-order valence-corrected chi connectivity index (χ2v) is 4.08. The van der Waals surface area contributed by atoms with Crippen molar-refractivity contribution >= 4 is 0 Å². The average Bonchev–Trinajstić information content (AvgIpc) is 2.67. The van der Waals surface area contributed by atoms with E-state index < -0.39 is 0 Å². The maximum Gasteiger partial charge on any atom is 0.0495 e. The smallest absolute Gasteiger partial charge is 0.0495 e. The summed E-state index contributed by atoms with van der Waals surface area (Å²) in [6.45, 7) is 1.19. The maximum atomic E-state index is 2.44. The number of rotatable bonds is 2. The van der Waals surface area contributed by atoms with Crippen molar-refractivity contribution in [1.29, 1.82) is 0 Å². The summed E-state index contributed by atoms with van der Waals surface area (Å²) in [6.07, 6.45) is 2.58. The van der Waals surface area contributed by atoms with E-state index in [2.05, 4.69) is 54.4 Å². The third-order valence-electron chi connectivity index (χ3n) is 2.92. The first-order valence-corrected chi connectivity index (χ1v) is 5.28. The van der Waals surface area contributed by atoms with E-state index in [1.165, 1.54) is 24.9 Å². The summed E-state index contributed by atoms with van der Waals surface area (Å²) < 4.78 is 0. The molecule has 1 aliphatic heterocycles. The predicted molar refractivity (Wildman–Crippen MR) is 58.8 cm³/mol. The monoisotopic (exact) mass is 190 g/mol. The van der Waals surface area contributed by atoms with Crippen LogP contribution in [0, 0.1) is 0 Å². The summed E-state index contributed by atoms with van der Waals surface area (Å²) in [7, 11) is 4.25. The molecule has 1 atom stereocenters. The van der Waals surface area contributed by atoms with Gasteiger partial charge >= 0.3 is 0 Å². The molecule has 0 saturated carbocycles. The highest BCUT2D eigenvalue weighted by atomic mass is 15.6. The second-order valence-electron chi connectivity index (χ2n) is 4.08. The molecule has 0 spiro atoms. The molecule has 0 aromatic heterocycles. The highest BCUT2D eigenvalue weighted by Gasteiger charge is 2.26. The number of benzene rings is 1. The Morgan fingerprint density at radius 1 is 1.21 bits per heavy atom. The van der Waals surface area contributed by atoms with E-state index in [1.54, 1.807) is 0 Å². The Bertz CT molecular complexity index is 282. The van der Waals surface area contributed by atoms with Crippen LogP contribution in [0.2, 0.25) is 0 Å². The van der Waals surface area contributed by atoms with E-state index in [0.29, 0.717) is 6.04 Å². The Hall–Kier alpha value is -0.860. The molecule has 0 aliphatic carbocycles. The zero-order valence-electron chi connectivity index (χ0n) is 8.98. The Labute approximate surface area is 86.1 Å². The number of hydrogen-bond donors (Lipinski definition) is 0. The summed E-state index contributed by atoms with van der Waals surface area (Å²) in [5.41, 5.74) is 1.44. The normalized spacial score (nSPS) is 23.2. The van der Waals surface area contributed by atoms with Gasteiger partial charge in [0.15, 0.2) is 0 Å². The molecule has 0 N–H and O–H groups in total. The van der Waals surface area contributed by atoms with Crippen molar-refractivity contribution in [2.75, 3.05) is 20.6 Å². The number of hydrazine groups is 1. The summed E-state index contributed by atoms with van der Waals surface area (Å²) in [4.78, 5) is 0. The minimum absolute atomic E-state index is 0.589. The highest BCUT2D eigenvalue weighted by molar-refractivity contribution is 5.19. The Morgan fingerprint density at radius 2 is 1.93 bits per heavy atom. The third-order valence-corrected chi connectivity index (χ3v) is 2.92. The summed E-state index contributed by atoms with van der Waals surface area (Å²) >= 11 is 0. The van der Waals surface area contributed by atoms with Gasteiger partial charge in [-0.15, -0.1) is 0 Å². The van der Waals surface area contributed by atoms with Crippen molar-refractivity contribution < 1.29 is 0 Å². The van der Waals surface area contributed by atoms with Crippen LogP contribution in [0.3, 0.4) is 0 Å². The summed E-state index contributed by atoms with van der Waals surface area (Å²) in [6, 6.07) is 11.4. The molecule has 1 unspecified atom stereocenters. The van der Waals surface area contributed by atoms with Crippen LogP contribution in [0.4, 0.5) is 0 Å². The largest absolute Gasteiger partial charge is 0.247 e. The van der Waals surface area contributed by atoms with Gasteiger partial charge in [-0.05, 0) is 18.4 Å². The summed E-state index contributed by atoms with van der Waals surface area (Å²) in [5.74, 6) is 0. The van der Waals surface area contributed by atoms with E-state index in [1.807, 2.05) is 0 Å². The SMILES string of the molecule is CN(C)N1CCCC1c1ccccc1.